The number of nitrogens with one attached hydrogen (secondary N) is 2. The monoisotopic (exact) mass is 698 g/mol. The summed E-state index contributed by atoms with van der Waals surface area (Å²) in [5.74, 6) is -0.771. The van der Waals surface area contributed by atoms with Crippen molar-refractivity contribution in [2.75, 3.05) is 19.8 Å². The Hall–Kier alpha value is -4.50. The Bertz CT molecular complexity index is 1560. The molecule has 1 aliphatic rings. The zero-order chi connectivity index (χ0) is 36.8. The first-order chi connectivity index (χ1) is 24.4. The third-order valence-corrected chi connectivity index (χ3v) is 9.41. The van der Waals surface area contributed by atoms with Crippen LogP contribution in [0.15, 0.2) is 84.9 Å². The van der Waals surface area contributed by atoms with Gasteiger partial charge in [-0.2, -0.15) is 0 Å². The molecule has 0 bridgehead atoms. The average molecular weight is 699 g/mol. The Labute approximate surface area is 302 Å². The van der Waals surface area contributed by atoms with Crippen molar-refractivity contribution in [2.45, 2.75) is 79.6 Å². The molecule has 51 heavy (non-hydrogen) atoms. The Morgan fingerprint density at radius 2 is 1.33 bits per heavy atom. The van der Waals surface area contributed by atoms with E-state index in [0.717, 1.165) is 23.1 Å². The lowest BCUT2D eigenvalue weighted by molar-refractivity contribution is -0.151. The lowest BCUT2D eigenvalue weighted by Crippen LogP contribution is -2.54. The summed E-state index contributed by atoms with van der Waals surface area (Å²) in [6.07, 6.45) is 1.70. The second kappa shape index (κ2) is 19.2. The molecular formula is C42H54N2O7. The third kappa shape index (κ3) is 12.6. The summed E-state index contributed by atoms with van der Waals surface area (Å²) in [7, 11) is 0. The van der Waals surface area contributed by atoms with Crippen LogP contribution in [0.3, 0.4) is 0 Å². The van der Waals surface area contributed by atoms with E-state index < -0.39 is 29.3 Å². The van der Waals surface area contributed by atoms with Crippen LogP contribution in [0.5, 0.6) is 5.75 Å². The summed E-state index contributed by atoms with van der Waals surface area (Å²) < 4.78 is 17.1. The number of amides is 2. The lowest BCUT2D eigenvalue weighted by Gasteiger charge is -2.43. The smallest absolute Gasteiger partial charge is 0.329 e. The predicted molar refractivity (Wildman–Crippen MR) is 197 cm³/mol. The molecule has 0 radical (unpaired) electrons. The number of ketones is 1. The van der Waals surface area contributed by atoms with Gasteiger partial charge in [0.25, 0.3) is 0 Å². The second-order valence-corrected chi connectivity index (χ2v) is 14.7. The Kier molecular flexibility index (Phi) is 14.8. The van der Waals surface area contributed by atoms with E-state index in [0.29, 0.717) is 44.5 Å². The molecule has 2 amide bonds. The van der Waals surface area contributed by atoms with E-state index in [2.05, 4.69) is 24.5 Å². The SMILES string of the molecule is CC(C)C[C@H](C)C(=O)C[C@@H](C)C(=O)NCC1(C[C@@H](C)C(=O)N[C@@H](Cc2ccc(OCc3ccccc3)cc2)C(=O)OCc2ccccc2)COC1. The Balaban J connectivity index is 1.34. The molecule has 1 fully saturated rings. The molecule has 0 saturated carbocycles. The summed E-state index contributed by atoms with van der Waals surface area (Å²) in [5, 5.41) is 5.97. The topological polar surface area (TPSA) is 120 Å². The van der Waals surface area contributed by atoms with Crippen LogP contribution in [0.1, 0.15) is 70.6 Å². The van der Waals surface area contributed by atoms with Gasteiger partial charge in [0.2, 0.25) is 11.8 Å². The molecule has 0 unspecified atom stereocenters. The number of ether oxygens (including phenoxy) is 3. The van der Waals surface area contributed by atoms with Crippen molar-refractivity contribution < 1.29 is 33.4 Å². The van der Waals surface area contributed by atoms with E-state index in [1.54, 1.807) is 6.92 Å². The molecule has 9 heteroatoms. The molecule has 0 aromatic heterocycles. The maximum Gasteiger partial charge on any atom is 0.329 e. The molecular weight excluding hydrogens is 644 g/mol. The van der Waals surface area contributed by atoms with Crippen LogP contribution in [-0.2, 0) is 48.3 Å². The number of carbonyl (C=O) groups is 4. The highest BCUT2D eigenvalue weighted by Gasteiger charge is 2.42. The number of rotatable bonds is 20. The van der Waals surface area contributed by atoms with Gasteiger partial charge in [0, 0.05) is 42.6 Å². The molecule has 274 valence electrons. The van der Waals surface area contributed by atoms with Gasteiger partial charge in [0.05, 0.1) is 13.2 Å². The van der Waals surface area contributed by atoms with Crippen molar-refractivity contribution in [1.29, 1.82) is 0 Å². The van der Waals surface area contributed by atoms with E-state index in [1.165, 1.54) is 0 Å². The van der Waals surface area contributed by atoms with Crippen molar-refractivity contribution in [3.63, 3.8) is 0 Å². The minimum Gasteiger partial charge on any atom is -0.489 e. The minimum absolute atomic E-state index is 0.0799. The predicted octanol–water partition coefficient (Wildman–Crippen LogP) is 6.47. The third-order valence-electron chi connectivity index (χ3n) is 9.41. The number of hydrogen-bond donors (Lipinski definition) is 2. The van der Waals surface area contributed by atoms with E-state index in [1.807, 2.05) is 98.8 Å². The van der Waals surface area contributed by atoms with Crippen LogP contribution >= 0.6 is 0 Å². The molecule has 3 aromatic rings. The zero-order valence-corrected chi connectivity index (χ0v) is 30.7. The normalized spacial score (nSPS) is 15.8. The fourth-order valence-electron chi connectivity index (χ4n) is 6.34. The molecule has 2 N–H and O–H groups in total. The summed E-state index contributed by atoms with van der Waals surface area (Å²) in [6.45, 7) is 11.4. The van der Waals surface area contributed by atoms with Crippen molar-refractivity contribution in [3.05, 3.63) is 102 Å². The van der Waals surface area contributed by atoms with Gasteiger partial charge in [-0.15, -0.1) is 0 Å². The molecule has 0 spiro atoms. The molecule has 3 aromatic carbocycles. The van der Waals surface area contributed by atoms with Gasteiger partial charge in [0.15, 0.2) is 0 Å². The number of esters is 1. The first-order valence-corrected chi connectivity index (χ1v) is 18.1. The molecule has 0 aliphatic carbocycles. The quantitative estimate of drug-likeness (QED) is 0.130. The zero-order valence-electron chi connectivity index (χ0n) is 30.7. The van der Waals surface area contributed by atoms with Crippen LogP contribution in [0.25, 0.3) is 0 Å². The van der Waals surface area contributed by atoms with E-state index in [-0.39, 0.29) is 43.0 Å². The number of Topliss-reactive ketones (excluding diaryl/α,β-unsaturated/α-hetero) is 1. The number of benzene rings is 3. The van der Waals surface area contributed by atoms with Crippen molar-refractivity contribution >= 4 is 23.6 Å². The molecule has 9 nitrogen and oxygen atoms in total. The molecule has 1 heterocycles. The highest BCUT2D eigenvalue weighted by Crippen LogP contribution is 2.34. The highest BCUT2D eigenvalue weighted by atomic mass is 16.5. The number of carbonyl (C=O) groups excluding carboxylic acids is 4. The standard InChI is InChI=1S/C42H54N2O7/c1-29(2)20-30(3)38(45)21-31(4)39(46)43-26-42(27-49-28-42)23-32(5)40(47)44-37(41(48)51-25-35-14-10-7-11-15-35)22-33-16-18-36(19-17-33)50-24-34-12-8-6-9-13-34/h6-19,29-32,37H,20-28H2,1-5H3,(H,43,46)(H,44,47)/t30-,31+,32+,37-/m0/s1. The van der Waals surface area contributed by atoms with Crippen LogP contribution in [0.4, 0.5) is 0 Å². The maximum atomic E-state index is 13.6. The van der Waals surface area contributed by atoms with Crippen LogP contribution in [-0.4, -0.2) is 49.4 Å². The lowest BCUT2D eigenvalue weighted by atomic mass is 9.77. The van der Waals surface area contributed by atoms with Crippen molar-refractivity contribution in [2.24, 2.45) is 29.1 Å². The van der Waals surface area contributed by atoms with Crippen LogP contribution in [0.2, 0.25) is 0 Å². The van der Waals surface area contributed by atoms with E-state index >= 15 is 0 Å². The Morgan fingerprint density at radius 3 is 1.90 bits per heavy atom. The van der Waals surface area contributed by atoms with Gasteiger partial charge < -0.3 is 24.8 Å². The van der Waals surface area contributed by atoms with E-state index in [4.69, 9.17) is 14.2 Å². The molecule has 1 saturated heterocycles. The first kappa shape index (κ1) is 39.3. The van der Waals surface area contributed by atoms with Crippen molar-refractivity contribution in [1.82, 2.24) is 10.6 Å². The van der Waals surface area contributed by atoms with Crippen molar-refractivity contribution in [3.8, 4) is 5.75 Å². The van der Waals surface area contributed by atoms with Gasteiger partial charge in [-0.3, -0.25) is 14.4 Å². The first-order valence-electron chi connectivity index (χ1n) is 18.1. The van der Waals surface area contributed by atoms with Gasteiger partial charge in [-0.25, -0.2) is 4.79 Å². The summed E-state index contributed by atoms with van der Waals surface area (Å²) in [4.78, 5) is 52.7. The second-order valence-electron chi connectivity index (χ2n) is 14.7. The van der Waals surface area contributed by atoms with Gasteiger partial charge in [-0.05, 0) is 47.6 Å². The summed E-state index contributed by atoms with van der Waals surface area (Å²) in [5.41, 5.74) is 2.34. The molecule has 1 aliphatic heterocycles. The fraction of sp³-hybridized carbons (Fsp3) is 0.476. The minimum atomic E-state index is -0.912. The summed E-state index contributed by atoms with van der Waals surface area (Å²) in [6, 6.07) is 25.9. The summed E-state index contributed by atoms with van der Waals surface area (Å²) >= 11 is 0. The van der Waals surface area contributed by atoms with Gasteiger partial charge >= 0.3 is 5.97 Å². The highest BCUT2D eigenvalue weighted by molar-refractivity contribution is 5.88. The fourth-order valence-corrected chi connectivity index (χ4v) is 6.34. The van der Waals surface area contributed by atoms with Gasteiger partial charge in [-0.1, -0.05) is 107 Å². The molecule has 4 atom stereocenters. The van der Waals surface area contributed by atoms with Crippen LogP contribution in [0, 0.1) is 29.1 Å². The average Bonchev–Trinajstić information content (AvgIpc) is 3.11. The largest absolute Gasteiger partial charge is 0.489 e. The Morgan fingerprint density at radius 1 is 0.725 bits per heavy atom. The van der Waals surface area contributed by atoms with Crippen LogP contribution < -0.4 is 15.4 Å². The van der Waals surface area contributed by atoms with Gasteiger partial charge in [0.1, 0.15) is 30.8 Å². The van der Waals surface area contributed by atoms with E-state index in [9.17, 15) is 19.2 Å². The molecule has 4 rings (SSSR count). The number of hydrogen-bond acceptors (Lipinski definition) is 7. The maximum absolute atomic E-state index is 13.6.